The van der Waals surface area contributed by atoms with Gasteiger partial charge in [0, 0.05) is 50.2 Å². The van der Waals surface area contributed by atoms with Crippen LogP contribution in [0.3, 0.4) is 0 Å². The van der Waals surface area contributed by atoms with Crippen molar-refractivity contribution in [1.29, 1.82) is 0 Å². The second kappa shape index (κ2) is 8.55. The van der Waals surface area contributed by atoms with Crippen molar-refractivity contribution in [2.75, 3.05) is 25.6 Å². The van der Waals surface area contributed by atoms with Crippen LogP contribution in [0.1, 0.15) is 5.56 Å². The molecule has 0 amide bonds. The smallest absolute Gasteiger partial charge is 0.422 e. The quantitative estimate of drug-likeness (QED) is 0.536. The first-order valence-corrected chi connectivity index (χ1v) is 9.39. The molecule has 148 valence electrons. The molecule has 1 aromatic carbocycles. The van der Waals surface area contributed by atoms with Crippen molar-refractivity contribution >= 4 is 17.4 Å². The highest BCUT2D eigenvalue weighted by Crippen LogP contribution is 2.29. The molecule has 0 saturated carbocycles. The zero-order valence-corrected chi connectivity index (χ0v) is 16.2. The molecule has 0 fully saturated rings. The Bertz CT molecular complexity index is 927. The van der Waals surface area contributed by atoms with E-state index in [0.717, 1.165) is 11.3 Å². The van der Waals surface area contributed by atoms with Crippen LogP contribution >= 0.6 is 11.8 Å². The molecule has 0 aliphatic rings. The molecule has 0 radical (unpaired) electrons. The number of rotatable bonds is 7. The summed E-state index contributed by atoms with van der Waals surface area (Å²) in [5.41, 5.74) is 2.27. The van der Waals surface area contributed by atoms with Crippen LogP contribution in [0.2, 0.25) is 0 Å². The fourth-order valence-electron chi connectivity index (χ4n) is 2.57. The van der Waals surface area contributed by atoms with Crippen LogP contribution in [-0.2, 0) is 5.75 Å². The number of pyridine rings is 1. The van der Waals surface area contributed by atoms with Gasteiger partial charge in [-0.2, -0.15) is 13.2 Å². The predicted octanol–water partition coefficient (Wildman–Crippen LogP) is 4.57. The number of para-hydroxylation sites is 1. The Morgan fingerprint density at radius 1 is 1.11 bits per heavy atom. The maximum atomic E-state index is 12.4. The van der Waals surface area contributed by atoms with Gasteiger partial charge in [0.25, 0.3) is 0 Å². The lowest BCUT2D eigenvalue weighted by atomic mass is 10.2. The van der Waals surface area contributed by atoms with Gasteiger partial charge >= 0.3 is 6.18 Å². The number of nitrogens with zero attached hydrogens (tertiary/aromatic N) is 4. The van der Waals surface area contributed by atoms with Crippen LogP contribution in [0.4, 0.5) is 18.9 Å². The molecule has 0 saturated heterocycles. The van der Waals surface area contributed by atoms with E-state index in [-0.39, 0.29) is 5.75 Å². The Morgan fingerprint density at radius 2 is 1.89 bits per heavy atom. The van der Waals surface area contributed by atoms with E-state index in [2.05, 4.69) is 16.0 Å². The van der Waals surface area contributed by atoms with Gasteiger partial charge in [0.1, 0.15) is 11.6 Å². The van der Waals surface area contributed by atoms with E-state index in [1.807, 2.05) is 37.2 Å². The third-order valence-corrected chi connectivity index (χ3v) is 4.82. The highest BCUT2D eigenvalue weighted by molar-refractivity contribution is 7.98. The molecule has 3 aromatic rings. The Morgan fingerprint density at radius 3 is 2.64 bits per heavy atom. The molecule has 0 bridgehead atoms. The Kier molecular flexibility index (Phi) is 6.13. The molecular weight excluding hydrogens is 389 g/mol. The van der Waals surface area contributed by atoms with Gasteiger partial charge in [-0.3, -0.25) is 4.57 Å². The third kappa shape index (κ3) is 5.19. The zero-order chi connectivity index (χ0) is 20.1. The van der Waals surface area contributed by atoms with Gasteiger partial charge in [0.05, 0.1) is 0 Å². The monoisotopic (exact) mass is 408 g/mol. The molecule has 28 heavy (non-hydrogen) atoms. The average Bonchev–Trinajstić information content (AvgIpc) is 3.13. The van der Waals surface area contributed by atoms with E-state index in [1.54, 1.807) is 17.0 Å². The Balaban J connectivity index is 1.76. The molecule has 0 N–H and O–H groups in total. The third-order valence-electron chi connectivity index (χ3n) is 3.80. The highest BCUT2D eigenvalue weighted by atomic mass is 32.2. The lowest BCUT2D eigenvalue weighted by Gasteiger charge is -2.17. The highest BCUT2D eigenvalue weighted by Gasteiger charge is 2.28. The SMILES string of the molecule is CN(C)c1ccccc1CSc1nccn1-c1cc(OCC(F)(F)F)ccn1. The van der Waals surface area contributed by atoms with Gasteiger partial charge in [-0.1, -0.05) is 30.0 Å². The van der Waals surface area contributed by atoms with Gasteiger partial charge in [0.2, 0.25) is 0 Å². The van der Waals surface area contributed by atoms with Crippen LogP contribution in [0.5, 0.6) is 5.75 Å². The minimum atomic E-state index is -4.39. The van der Waals surface area contributed by atoms with E-state index in [1.165, 1.54) is 30.1 Å². The number of hydrogen-bond acceptors (Lipinski definition) is 5. The summed E-state index contributed by atoms with van der Waals surface area (Å²) in [7, 11) is 3.97. The van der Waals surface area contributed by atoms with Gasteiger partial charge < -0.3 is 9.64 Å². The maximum absolute atomic E-state index is 12.4. The summed E-state index contributed by atoms with van der Waals surface area (Å²) in [6.07, 6.45) is 0.372. The summed E-state index contributed by atoms with van der Waals surface area (Å²) in [6.45, 7) is -1.34. The first-order valence-electron chi connectivity index (χ1n) is 8.41. The molecule has 0 spiro atoms. The minimum Gasteiger partial charge on any atom is -0.484 e. The number of aromatic nitrogens is 3. The zero-order valence-electron chi connectivity index (χ0n) is 15.3. The van der Waals surface area contributed by atoms with E-state index in [0.29, 0.717) is 16.7 Å². The van der Waals surface area contributed by atoms with Gasteiger partial charge in [-0.15, -0.1) is 0 Å². The van der Waals surface area contributed by atoms with E-state index in [4.69, 9.17) is 4.74 Å². The molecule has 9 heteroatoms. The van der Waals surface area contributed by atoms with Crippen molar-refractivity contribution in [2.45, 2.75) is 17.1 Å². The number of hydrogen-bond donors (Lipinski definition) is 0. The van der Waals surface area contributed by atoms with Gasteiger partial charge in [-0.25, -0.2) is 9.97 Å². The van der Waals surface area contributed by atoms with Crippen LogP contribution in [-0.4, -0.2) is 41.4 Å². The average molecular weight is 408 g/mol. The summed E-state index contributed by atoms with van der Waals surface area (Å²) in [4.78, 5) is 10.6. The largest absolute Gasteiger partial charge is 0.484 e. The molecule has 0 atom stereocenters. The lowest BCUT2D eigenvalue weighted by Crippen LogP contribution is -2.19. The van der Waals surface area contributed by atoms with Crippen molar-refractivity contribution in [3.05, 3.63) is 60.6 Å². The Labute approximate surface area is 165 Å². The minimum absolute atomic E-state index is 0.102. The van der Waals surface area contributed by atoms with Crippen molar-refractivity contribution in [1.82, 2.24) is 14.5 Å². The summed E-state index contributed by atoms with van der Waals surface area (Å²) < 4.78 is 43.6. The van der Waals surface area contributed by atoms with E-state index >= 15 is 0 Å². The summed E-state index contributed by atoms with van der Waals surface area (Å²) >= 11 is 1.52. The predicted molar refractivity (Wildman–Crippen MR) is 103 cm³/mol. The molecule has 0 aliphatic carbocycles. The lowest BCUT2D eigenvalue weighted by molar-refractivity contribution is -0.153. The topological polar surface area (TPSA) is 43.2 Å². The summed E-state index contributed by atoms with van der Waals surface area (Å²) in [5, 5.41) is 0.689. The van der Waals surface area contributed by atoms with Crippen molar-refractivity contribution in [3.8, 4) is 11.6 Å². The first-order chi connectivity index (χ1) is 13.3. The number of imidazole rings is 1. The van der Waals surface area contributed by atoms with Gasteiger partial charge in [0.15, 0.2) is 11.8 Å². The van der Waals surface area contributed by atoms with Crippen molar-refractivity contribution < 1.29 is 17.9 Å². The molecule has 0 unspecified atom stereocenters. The fraction of sp³-hybridized carbons (Fsp3) is 0.263. The maximum Gasteiger partial charge on any atom is 0.422 e. The number of alkyl halides is 3. The van der Waals surface area contributed by atoms with Crippen LogP contribution in [0, 0.1) is 0 Å². The second-order valence-electron chi connectivity index (χ2n) is 6.15. The Hall–Kier alpha value is -2.68. The number of thioether (sulfide) groups is 1. The normalized spacial score (nSPS) is 11.5. The van der Waals surface area contributed by atoms with E-state index in [9.17, 15) is 13.2 Å². The first kappa shape index (κ1) is 20.1. The number of benzene rings is 1. The fourth-order valence-corrected chi connectivity index (χ4v) is 3.53. The standard InChI is InChI=1S/C19H19F3N4OS/c1-25(2)16-6-4-3-5-14(16)12-28-18-24-9-10-26(18)17-11-15(7-8-23-17)27-13-19(20,21)22/h3-11H,12-13H2,1-2H3. The van der Waals surface area contributed by atoms with Crippen LogP contribution in [0.25, 0.3) is 5.82 Å². The molecule has 2 heterocycles. The number of ether oxygens (including phenoxy) is 1. The van der Waals surface area contributed by atoms with Crippen LogP contribution < -0.4 is 9.64 Å². The second-order valence-corrected chi connectivity index (χ2v) is 7.09. The summed E-state index contributed by atoms with van der Waals surface area (Å²) in [6, 6.07) is 10.9. The van der Waals surface area contributed by atoms with Crippen LogP contribution in [0.15, 0.2) is 60.1 Å². The molecule has 3 rings (SSSR count). The molecule has 0 aliphatic heterocycles. The molecule has 5 nitrogen and oxygen atoms in total. The number of anilines is 1. The van der Waals surface area contributed by atoms with Crippen molar-refractivity contribution in [3.63, 3.8) is 0 Å². The van der Waals surface area contributed by atoms with Gasteiger partial charge in [-0.05, 0) is 17.7 Å². The number of halogens is 3. The van der Waals surface area contributed by atoms with E-state index < -0.39 is 12.8 Å². The van der Waals surface area contributed by atoms with Crippen molar-refractivity contribution in [2.24, 2.45) is 0 Å². The molecular formula is C19H19F3N4OS. The summed E-state index contributed by atoms with van der Waals surface area (Å²) in [5.74, 6) is 1.24. The molecule has 2 aromatic heterocycles.